The third-order valence-corrected chi connectivity index (χ3v) is 5.64. The van der Waals surface area contributed by atoms with Crippen LogP contribution >= 0.6 is 11.6 Å². The number of pyridine rings is 1. The summed E-state index contributed by atoms with van der Waals surface area (Å²) in [4.78, 5) is 16.0. The molecule has 1 heterocycles. The summed E-state index contributed by atoms with van der Waals surface area (Å²) in [6.45, 7) is 0.395. The highest BCUT2D eigenvalue weighted by Crippen LogP contribution is 2.18. The number of ether oxygens (including phenoxy) is 1. The van der Waals surface area contributed by atoms with E-state index < -0.39 is 10.0 Å². The smallest absolute Gasteiger partial charge is 0.261 e. The van der Waals surface area contributed by atoms with Gasteiger partial charge in [0.15, 0.2) is 0 Å². The van der Waals surface area contributed by atoms with Crippen LogP contribution in [0.5, 0.6) is 5.75 Å². The summed E-state index contributed by atoms with van der Waals surface area (Å²) in [6, 6.07) is 16.2. The molecule has 3 aromatic rings. The molecule has 2 aromatic carbocycles. The van der Waals surface area contributed by atoms with Crippen LogP contribution in [0.4, 0.5) is 11.4 Å². The molecule has 0 aliphatic carbocycles. The number of sulfonamides is 1. The SMILES string of the molecule is O=C(CCCOc1ccc(Cl)cc1)Nc1ccc(S(=O)(=O)Nc2cccnc2)cc1. The molecule has 0 unspecified atom stereocenters. The van der Waals surface area contributed by atoms with E-state index >= 15 is 0 Å². The summed E-state index contributed by atoms with van der Waals surface area (Å²) in [6.07, 6.45) is 3.79. The molecule has 0 atom stereocenters. The van der Waals surface area contributed by atoms with Crippen LogP contribution in [-0.4, -0.2) is 25.9 Å². The largest absolute Gasteiger partial charge is 0.494 e. The Balaban J connectivity index is 1.46. The number of benzene rings is 2. The second-order valence-electron chi connectivity index (χ2n) is 6.33. The Labute approximate surface area is 180 Å². The van der Waals surface area contributed by atoms with Crippen LogP contribution in [0.25, 0.3) is 0 Å². The first-order chi connectivity index (χ1) is 14.4. The molecular weight excluding hydrogens is 426 g/mol. The van der Waals surface area contributed by atoms with Crippen molar-refractivity contribution in [3.63, 3.8) is 0 Å². The van der Waals surface area contributed by atoms with Gasteiger partial charge in [-0.3, -0.25) is 14.5 Å². The lowest BCUT2D eigenvalue weighted by Crippen LogP contribution is -2.14. The molecule has 0 saturated heterocycles. The number of carbonyl (C=O) groups is 1. The maximum atomic E-state index is 12.4. The summed E-state index contributed by atoms with van der Waals surface area (Å²) in [5.74, 6) is 0.510. The Morgan fingerprint density at radius 1 is 1.00 bits per heavy atom. The summed E-state index contributed by atoms with van der Waals surface area (Å²) in [5.41, 5.74) is 0.884. The summed E-state index contributed by atoms with van der Waals surface area (Å²) >= 11 is 5.81. The number of nitrogens with one attached hydrogen (secondary N) is 2. The molecule has 30 heavy (non-hydrogen) atoms. The van der Waals surface area contributed by atoms with E-state index in [1.54, 1.807) is 54.7 Å². The van der Waals surface area contributed by atoms with Gasteiger partial charge in [0.05, 0.1) is 23.4 Å². The molecular formula is C21H20ClN3O4S. The highest BCUT2D eigenvalue weighted by atomic mass is 35.5. The van der Waals surface area contributed by atoms with Gasteiger partial charge in [-0.25, -0.2) is 8.42 Å². The molecule has 0 bridgehead atoms. The van der Waals surface area contributed by atoms with Crippen LogP contribution < -0.4 is 14.8 Å². The Bertz CT molecular complexity index is 1070. The number of amides is 1. The lowest BCUT2D eigenvalue weighted by molar-refractivity contribution is -0.116. The van der Waals surface area contributed by atoms with Crippen molar-refractivity contribution in [2.45, 2.75) is 17.7 Å². The fraction of sp³-hybridized carbons (Fsp3) is 0.143. The third kappa shape index (κ3) is 6.47. The number of hydrogen-bond donors (Lipinski definition) is 2. The maximum Gasteiger partial charge on any atom is 0.261 e. The standard InChI is InChI=1S/C21H20ClN3O4S/c22-16-5-9-19(10-6-16)29-14-2-4-21(26)24-17-7-11-20(12-8-17)30(27,28)25-18-3-1-13-23-15-18/h1,3,5-13,15,25H,2,4,14H2,(H,24,26). The van der Waals surface area contributed by atoms with Gasteiger partial charge in [0.1, 0.15) is 5.75 Å². The Kier molecular flexibility index (Phi) is 7.26. The van der Waals surface area contributed by atoms with E-state index in [9.17, 15) is 13.2 Å². The molecule has 0 spiro atoms. The van der Waals surface area contributed by atoms with E-state index in [1.165, 1.54) is 18.3 Å². The van der Waals surface area contributed by atoms with Crippen molar-refractivity contribution in [2.24, 2.45) is 0 Å². The van der Waals surface area contributed by atoms with Gasteiger partial charge in [0, 0.05) is 23.3 Å². The molecule has 2 N–H and O–H groups in total. The molecule has 7 nitrogen and oxygen atoms in total. The van der Waals surface area contributed by atoms with Crippen LogP contribution in [0, 0.1) is 0 Å². The quantitative estimate of drug-likeness (QED) is 0.477. The van der Waals surface area contributed by atoms with E-state index in [0.29, 0.717) is 35.2 Å². The Hall–Kier alpha value is -3.10. The number of rotatable bonds is 9. The number of aromatic nitrogens is 1. The second kappa shape index (κ2) is 10.1. The minimum Gasteiger partial charge on any atom is -0.494 e. The van der Waals surface area contributed by atoms with Crippen LogP contribution in [-0.2, 0) is 14.8 Å². The molecule has 0 aliphatic heterocycles. The van der Waals surface area contributed by atoms with Gasteiger partial charge in [0.2, 0.25) is 5.91 Å². The summed E-state index contributed by atoms with van der Waals surface area (Å²) < 4.78 is 32.8. The lowest BCUT2D eigenvalue weighted by Gasteiger charge is -2.09. The molecule has 1 amide bonds. The number of anilines is 2. The van der Waals surface area contributed by atoms with Gasteiger partial charge in [0.25, 0.3) is 10.0 Å². The molecule has 9 heteroatoms. The molecule has 1 aromatic heterocycles. The Morgan fingerprint density at radius 2 is 1.73 bits per heavy atom. The predicted octanol–water partition coefficient (Wildman–Crippen LogP) is 4.33. The number of hydrogen-bond acceptors (Lipinski definition) is 5. The van der Waals surface area contributed by atoms with E-state index in [-0.39, 0.29) is 17.2 Å². The fourth-order valence-corrected chi connectivity index (χ4v) is 3.70. The van der Waals surface area contributed by atoms with Crippen molar-refractivity contribution in [3.8, 4) is 5.75 Å². The average molecular weight is 446 g/mol. The van der Waals surface area contributed by atoms with Crippen LogP contribution in [0.1, 0.15) is 12.8 Å². The van der Waals surface area contributed by atoms with Gasteiger partial charge in [-0.15, -0.1) is 0 Å². The van der Waals surface area contributed by atoms with Crippen molar-refractivity contribution in [1.29, 1.82) is 0 Å². The third-order valence-electron chi connectivity index (χ3n) is 3.99. The van der Waals surface area contributed by atoms with Gasteiger partial charge in [-0.1, -0.05) is 11.6 Å². The molecule has 0 fully saturated rings. The van der Waals surface area contributed by atoms with E-state index in [0.717, 1.165) is 0 Å². The van der Waals surface area contributed by atoms with Gasteiger partial charge >= 0.3 is 0 Å². The molecule has 0 radical (unpaired) electrons. The second-order valence-corrected chi connectivity index (χ2v) is 8.44. The molecule has 156 valence electrons. The normalized spacial score (nSPS) is 11.0. The van der Waals surface area contributed by atoms with Crippen LogP contribution in [0.2, 0.25) is 5.02 Å². The first kappa shape index (κ1) is 21.6. The number of carbonyl (C=O) groups excluding carboxylic acids is 1. The zero-order valence-electron chi connectivity index (χ0n) is 15.9. The zero-order chi connectivity index (χ0) is 21.4. The molecule has 3 rings (SSSR count). The monoisotopic (exact) mass is 445 g/mol. The number of halogens is 1. The fourth-order valence-electron chi connectivity index (χ4n) is 2.53. The van der Waals surface area contributed by atoms with Crippen LogP contribution in [0.3, 0.4) is 0 Å². The highest BCUT2D eigenvalue weighted by Gasteiger charge is 2.14. The van der Waals surface area contributed by atoms with Crippen molar-refractivity contribution in [2.75, 3.05) is 16.6 Å². The van der Waals surface area contributed by atoms with E-state index in [1.807, 2.05) is 0 Å². The summed E-state index contributed by atoms with van der Waals surface area (Å²) in [7, 11) is -3.73. The minimum absolute atomic E-state index is 0.0840. The van der Waals surface area contributed by atoms with Gasteiger partial charge < -0.3 is 10.1 Å². The summed E-state index contributed by atoms with van der Waals surface area (Å²) in [5, 5.41) is 3.37. The maximum absolute atomic E-state index is 12.4. The van der Waals surface area contributed by atoms with Crippen LogP contribution in [0.15, 0.2) is 78.0 Å². The molecule has 0 saturated carbocycles. The topological polar surface area (TPSA) is 97.4 Å². The van der Waals surface area contributed by atoms with Gasteiger partial charge in [-0.2, -0.15) is 0 Å². The van der Waals surface area contributed by atoms with E-state index in [2.05, 4.69) is 15.0 Å². The minimum atomic E-state index is -3.73. The molecule has 0 aliphatic rings. The zero-order valence-corrected chi connectivity index (χ0v) is 17.5. The van der Waals surface area contributed by atoms with Gasteiger partial charge in [-0.05, 0) is 67.1 Å². The lowest BCUT2D eigenvalue weighted by atomic mass is 10.2. The van der Waals surface area contributed by atoms with Crippen molar-refractivity contribution in [1.82, 2.24) is 4.98 Å². The first-order valence-electron chi connectivity index (χ1n) is 9.13. The first-order valence-corrected chi connectivity index (χ1v) is 11.0. The van der Waals surface area contributed by atoms with E-state index in [4.69, 9.17) is 16.3 Å². The van der Waals surface area contributed by atoms with Crippen molar-refractivity contribution in [3.05, 3.63) is 78.1 Å². The number of nitrogens with zero attached hydrogens (tertiary/aromatic N) is 1. The Morgan fingerprint density at radius 3 is 2.40 bits per heavy atom. The van der Waals surface area contributed by atoms with Crippen molar-refractivity contribution < 1.29 is 17.9 Å². The predicted molar refractivity (Wildman–Crippen MR) is 116 cm³/mol. The van der Waals surface area contributed by atoms with Crippen molar-refractivity contribution >= 4 is 38.9 Å². The average Bonchev–Trinajstić information content (AvgIpc) is 2.73. The highest BCUT2D eigenvalue weighted by molar-refractivity contribution is 7.92.